The van der Waals surface area contributed by atoms with Crippen LogP contribution in [0.1, 0.15) is 5.56 Å². The fraction of sp³-hybridized carbons (Fsp3) is 0.0870. The van der Waals surface area contributed by atoms with Crippen LogP contribution >= 0.6 is 0 Å². The Balaban J connectivity index is 1.68. The first-order valence-corrected chi connectivity index (χ1v) is 8.90. The number of rotatable bonds is 6. The van der Waals surface area contributed by atoms with Gasteiger partial charge in [-0.25, -0.2) is 0 Å². The summed E-state index contributed by atoms with van der Waals surface area (Å²) >= 11 is 0. The summed E-state index contributed by atoms with van der Waals surface area (Å²) in [5.41, 5.74) is 8.27. The highest BCUT2D eigenvalue weighted by molar-refractivity contribution is 5.88. The molecular formula is C23H20N2O3. The van der Waals surface area contributed by atoms with Gasteiger partial charge in [0.05, 0.1) is 12.6 Å². The molecule has 0 saturated heterocycles. The number of nitrogen functional groups attached to an aromatic ring is 1. The Hall–Kier alpha value is -3.73. The average molecular weight is 372 g/mol. The molecule has 4 rings (SSSR count). The highest BCUT2D eigenvalue weighted by Crippen LogP contribution is 2.37. The van der Waals surface area contributed by atoms with Gasteiger partial charge in [-0.3, -0.25) is 4.98 Å². The van der Waals surface area contributed by atoms with Crippen molar-refractivity contribution >= 4 is 16.6 Å². The second kappa shape index (κ2) is 7.88. The van der Waals surface area contributed by atoms with Crippen molar-refractivity contribution in [1.82, 2.24) is 4.98 Å². The molecule has 0 aliphatic carbocycles. The van der Waals surface area contributed by atoms with Gasteiger partial charge in [-0.2, -0.15) is 0 Å². The van der Waals surface area contributed by atoms with Crippen LogP contribution in [0, 0.1) is 0 Å². The Morgan fingerprint density at radius 2 is 1.64 bits per heavy atom. The summed E-state index contributed by atoms with van der Waals surface area (Å²) in [5.74, 6) is 2.64. The maximum absolute atomic E-state index is 6.05. The van der Waals surface area contributed by atoms with E-state index in [1.807, 2.05) is 60.7 Å². The van der Waals surface area contributed by atoms with Crippen molar-refractivity contribution in [3.05, 3.63) is 84.6 Å². The second-order valence-electron chi connectivity index (χ2n) is 6.27. The fourth-order valence-corrected chi connectivity index (χ4v) is 2.89. The quantitative estimate of drug-likeness (QED) is 0.471. The molecule has 0 unspecified atom stereocenters. The summed E-state index contributed by atoms with van der Waals surface area (Å²) in [5, 5.41) is 0.836. The standard InChI is InChI=1S/C23H20N2O3/c1-26-22-14-20-19(13-23(22)27-15-16-5-3-2-4-6-16)21(11-12-25-20)28-18-9-7-17(24)8-10-18/h2-14H,15,24H2,1H3. The summed E-state index contributed by atoms with van der Waals surface area (Å²) in [6, 6.07) is 22.8. The molecule has 0 spiro atoms. The molecule has 0 amide bonds. The van der Waals surface area contributed by atoms with Crippen molar-refractivity contribution in [1.29, 1.82) is 0 Å². The van der Waals surface area contributed by atoms with Crippen LogP contribution in [0.5, 0.6) is 23.0 Å². The second-order valence-corrected chi connectivity index (χ2v) is 6.27. The van der Waals surface area contributed by atoms with Gasteiger partial charge in [-0.15, -0.1) is 0 Å². The van der Waals surface area contributed by atoms with Gasteiger partial charge < -0.3 is 19.9 Å². The Bertz CT molecular complexity index is 1080. The lowest BCUT2D eigenvalue weighted by atomic mass is 10.1. The minimum atomic E-state index is 0.442. The molecule has 5 heteroatoms. The number of nitrogens with two attached hydrogens (primary N) is 1. The third-order valence-electron chi connectivity index (χ3n) is 4.33. The lowest BCUT2D eigenvalue weighted by Gasteiger charge is -2.14. The molecule has 1 aromatic heterocycles. The number of fused-ring (bicyclic) bond motifs is 1. The largest absolute Gasteiger partial charge is 0.493 e. The van der Waals surface area contributed by atoms with E-state index in [9.17, 15) is 0 Å². The Kier molecular flexibility index (Phi) is 4.97. The molecule has 1 heterocycles. The Morgan fingerprint density at radius 3 is 2.39 bits per heavy atom. The molecule has 0 fully saturated rings. The maximum atomic E-state index is 6.05. The number of hydrogen-bond acceptors (Lipinski definition) is 5. The number of pyridine rings is 1. The summed E-state index contributed by atoms with van der Waals surface area (Å²) in [4.78, 5) is 4.43. The van der Waals surface area contributed by atoms with Gasteiger partial charge in [0.25, 0.3) is 0 Å². The number of nitrogens with zero attached hydrogens (tertiary/aromatic N) is 1. The minimum Gasteiger partial charge on any atom is -0.493 e. The van der Waals surface area contributed by atoms with E-state index >= 15 is 0 Å². The van der Waals surface area contributed by atoms with Crippen LogP contribution < -0.4 is 19.9 Å². The molecule has 4 aromatic rings. The predicted octanol–water partition coefficient (Wildman–Crippen LogP) is 5.20. The summed E-state index contributed by atoms with van der Waals surface area (Å²) in [6.07, 6.45) is 1.71. The minimum absolute atomic E-state index is 0.442. The van der Waals surface area contributed by atoms with Gasteiger partial charge in [-0.05, 0) is 42.0 Å². The van der Waals surface area contributed by atoms with Crippen LogP contribution in [-0.4, -0.2) is 12.1 Å². The van der Waals surface area contributed by atoms with Gasteiger partial charge in [0.1, 0.15) is 18.1 Å². The van der Waals surface area contributed by atoms with Gasteiger partial charge in [-0.1, -0.05) is 30.3 Å². The normalized spacial score (nSPS) is 10.6. The average Bonchev–Trinajstić information content (AvgIpc) is 2.74. The Labute approximate surface area is 163 Å². The predicted molar refractivity (Wildman–Crippen MR) is 110 cm³/mol. The number of aromatic nitrogens is 1. The highest BCUT2D eigenvalue weighted by atomic mass is 16.5. The van der Waals surface area contributed by atoms with Gasteiger partial charge >= 0.3 is 0 Å². The van der Waals surface area contributed by atoms with Crippen molar-refractivity contribution in [2.45, 2.75) is 6.61 Å². The molecular weight excluding hydrogens is 352 g/mol. The monoisotopic (exact) mass is 372 g/mol. The van der Waals surface area contributed by atoms with Crippen molar-refractivity contribution < 1.29 is 14.2 Å². The Morgan fingerprint density at radius 1 is 0.857 bits per heavy atom. The first kappa shape index (κ1) is 17.7. The first-order chi connectivity index (χ1) is 13.7. The molecule has 0 bridgehead atoms. The van der Waals surface area contributed by atoms with Crippen LogP contribution in [0.3, 0.4) is 0 Å². The molecule has 2 N–H and O–H groups in total. The molecule has 0 aliphatic heterocycles. The topological polar surface area (TPSA) is 66.6 Å². The van der Waals surface area contributed by atoms with Crippen LogP contribution in [-0.2, 0) is 6.61 Å². The van der Waals surface area contributed by atoms with Crippen molar-refractivity contribution in [3.63, 3.8) is 0 Å². The first-order valence-electron chi connectivity index (χ1n) is 8.90. The lowest BCUT2D eigenvalue weighted by molar-refractivity contribution is 0.285. The van der Waals surface area contributed by atoms with Crippen molar-refractivity contribution in [2.24, 2.45) is 0 Å². The number of methoxy groups -OCH3 is 1. The molecule has 0 atom stereocenters. The number of ether oxygens (including phenoxy) is 3. The molecule has 3 aromatic carbocycles. The third-order valence-corrected chi connectivity index (χ3v) is 4.33. The number of hydrogen-bond donors (Lipinski definition) is 1. The van der Waals surface area contributed by atoms with Crippen LogP contribution in [0.2, 0.25) is 0 Å². The molecule has 0 radical (unpaired) electrons. The van der Waals surface area contributed by atoms with Crippen LogP contribution in [0.25, 0.3) is 10.9 Å². The summed E-state index contributed by atoms with van der Waals surface area (Å²) in [7, 11) is 1.62. The summed E-state index contributed by atoms with van der Waals surface area (Å²) < 4.78 is 17.6. The maximum Gasteiger partial charge on any atom is 0.162 e. The smallest absolute Gasteiger partial charge is 0.162 e. The molecule has 28 heavy (non-hydrogen) atoms. The number of anilines is 1. The summed E-state index contributed by atoms with van der Waals surface area (Å²) in [6.45, 7) is 0.442. The van der Waals surface area contributed by atoms with Crippen molar-refractivity contribution in [3.8, 4) is 23.0 Å². The van der Waals surface area contributed by atoms with E-state index in [-0.39, 0.29) is 0 Å². The van der Waals surface area contributed by atoms with Gasteiger partial charge in [0.15, 0.2) is 11.5 Å². The highest BCUT2D eigenvalue weighted by Gasteiger charge is 2.12. The zero-order valence-electron chi connectivity index (χ0n) is 15.5. The van der Waals surface area contributed by atoms with E-state index in [4.69, 9.17) is 19.9 Å². The van der Waals surface area contributed by atoms with Crippen molar-refractivity contribution in [2.75, 3.05) is 12.8 Å². The zero-order valence-corrected chi connectivity index (χ0v) is 15.5. The van der Waals surface area contributed by atoms with E-state index < -0.39 is 0 Å². The fourth-order valence-electron chi connectivity index (χ4n) is 2.89. The van der Waals surface area contributed by atoms with E-state index in [2.05, 4.69) is 4.98 Å². The van der Waals surface area contributed by atoms with Crippen LogP contribution in [0.15, 0.2) is 79.0 Å². The van der Waals surface area contributed by atoms with E-state index in [1.54, 1.807) is 25.4 Å². The van der Waals surface area contributed by atoms with Crippen LogP contribution in [0.4, 0.5) is 5.69 Å². The number of benzene rings is 3. The molecule has 0 aliphatic rings. The molecule has 5 nitrogen and oxygen atoms in total. The SMILES string of the molecule is COc1cc2nccc(Oc3ccc(N)cc3)c2cc1OCc1ccccc1. The van der Waals surface area contributed by atoms with E-state index in [0.29, 0.717) is 35.3 Å². The van der Waals surface area contributed by atoms with E-state index in [0.717, 1.165) is 16.5 Å². The van der Waals surface area contributed by atoms with E-state index in [1.165, 1.54) is 0 Å². The molecule has 0 saturated carbocycles. The zero-order chi connectivity index (χ0) is 19.3. The lowest BCUT2D eigenvalue weighted by Crippen LogP contribution is -1.98. The van der Waals surface area contributed by atoms with Gasteiger partial charge in [0, 0.05) is 23.3 Å². The third kappa shape index (κ3) is 3.83. The van der Waals surface area contributed by atoms with Gasteiger partial charge in [0.2, 0.25) is 0 Å². The molecule has 140 valence electrons.